The highest BCUT2D eigenvalue weighted by Crippen LogP contribution is 2.29. The molecule has 0 aliphatic rings. The molecule has 0 fully saturated rings. The lowest BCUT2D eigenvalue weighted by Crippen LogP contribution is -2.40. The molecular weight excluding hydrogens is 152 g/mol. The second-order valence-electron chi connectivity index (χ2n) is 3.92. The van der Waals surface area contributed by atoms with Gasteiger partial charge in [-0.2, -0.15) is 4.79 Å². The maximum Gasteiger partial charge on any atom is 0.227 e. The zero-order valence-corrected chi connectivity index (χ0v) is 9.13. The summed E-state index contributed by atoms with van der Waals surface area (Å²) >= 11 is 0. The zero-order valence-electron chi connectivity index (χ0n) is 8.13. The molecule has 3 heteroatoms. The Labute approximate surface area is 70.3 Å². The highest BCUT2D eigenvalue weighted by molar-refractivity contribution is 7.02. The summed E-state index contributed by atoms with van der Waals surface area (Å²) in [7, 11) is -1.45. The largest absolute Gasteiger partial charge is 0.363 e. The lowest BCUT2D eigenvalue weighted by molar-refractivity contribution is 0.00650. The fourth-order valence-corrected chi connectivity index (χ4v) is 3.27. The topological polar surface area (TPSA) is 36.4 Å². The minimum Gasteiger partial charge on any atom is -0.363 e. The summed E-state index contributed by atoms with van der Waals surface area (Å²) < 4.78 is 0. The van der Waals surface area contributed by atoms with Gasteiger partial charge in [-0.15, -0.1) is 0 Å². The van der Waals surface area contributed by atoms with E-state index in [1.54, 1.807) is 5.84 Å². The van der Waals surface area contributed by atoms with Crippen LogP contribution in [0.1, 0.15) is 27.7 Å². The number of rotatable bonds is 3. The molecule has 0 heterocycles. The molecule has 64 valence electrons. The molecule has 0 saturated carbocycles. The lowest BCUT2D eigenvalue weighted by Gasteiger charge is -2.26. The first-order valence-corrected chi connectivity index (χ1v) is 6.87. The molecule has 0 amide bonds. The van der Waals surface area contributed by atoms with Crippen molar-refractivity contribution in [3.63, 3.8) is 0 Å². The van der Waals surface area contributed by atoms with Crippen molar-refractivity contribution >= 4 is 13.9 Å². The van der Waals surface area contributed by atoms with Crippen LogP contribution in [0.15, 0.2) is 0 Å². The van der Waals surface area contributed by atoms with E-state index in [0.717, 1.165) is 0 Å². The molecule has 0 atom stereocenters. The second kappa shape index (κ2) is 3.84. The maximum atomic E-state index is 8.50. The first-order chi connectivity index (χ1) is 4.95. The molecule has 0 spiro atoms. The van der Waals surface area contributed by atoms with Crippen molar-refractivity contribution in [1.82, 2.24) is 0 Å². The summed E-state index contributed by atoms with van der Waals surface area (Å²) in [4.78, 5) is 3.19. The third-order valence-corrected chi connectivity index (χ3v) is 8.47. The Bertz CT molecular complexity index is 161. The molecule has 0 radical (unpaired) electrons. The van der Waals surface area contributed by atoms with Gasteiger partial charge in [0.15, 0.2) is 8.07 Å². The minimum absolute atomic E-state index is 0.637. The first kappa shape index (κ1) is 10.6. The molecule has 0 bridgehead atoms. The van der Waals surface area contributed by atoms with Gasteiger partial charge in [-0.3, -0.25) is 0 Å². The second-order valence-corrected chi connectivity index (χ2v) is 9.22. The summed E-state index contributed by atoms with van der Waals surface area (Å²) in [6.07, 6.45) is 0. The van der Waals surface area contributed by atoms with Crippen LogP contribution in [0.3, 0.4) is 0 Å². The Kier molecular flexibility index (Phi) is 3.70. The predicted molar refractivity (Wildman–Crippen MR) is 51.5 cm³/mol. The van der Waals surface area contributed by atoms with E-state index in [9.17, 15) is 0 Å². The van der Waals surface area contributed by atoms with Gasteiger partial charge in [0.2, 0.25) is 5.84 Å². The minimum atomic E-state index is -1.45. The Balaban J connectivity index is 4.66. The van der Waals surface area contributed by atoms with E-state index >= 15 is 0 Å². The number of nitrogens with zero attached hydrogens (tertiary/aromatic N) is 2. The standard InChI is InChI=1S/C8H18N2Si/c1-7(2)11(5,6-10-9)8(3)4/h6-8H,1-5H3. The van der Waals surface area contributed by atoms with Crippen LogP contribution < -0.4 is 0 Å². The van der Waals surface area contributed by atoms with Crippen molar-refractivity contribution in [2.45, 2.75) is 45.3 Å². The van der Waals surface area contributed by atoms with E-state index in [4.69, 9.17) is 5.53 Å². The number of hydrogen-bond donors (Lipinski definition) is 0. The maximum absolute atomic E-state index is 8.50. The smallest absolute Gasteiger partial charge is 0.227 e. The van der Waals surface area contributed by atoms with E-state index in [2.05, 4.69) is 39.0 Å². The Morgan fingerprint density at radius 1 is 1.18 bits per heavy atom. The van der Waals surface area contributed by atoms with E-state index in [1.165, 1.54) is 0 Å². The predicted octanol–water partition coefficient (Wildman–Crippen LogP) is 2.72. The molecule has 0 aliphatic carbocycles. The van der Waals surface area contributed by atoms with Crippen LogP contribution in [0, 0.1) is 0 Å². The van der Waals surface area contributed by atoms with Crippen LogP contribution >= 0.6 is 0 Å². The molecule has 2 nitrogen and oxygen atoms in total. The third kappa shape index (κ3) is 2.28. The van der Waals surface area contributed by atoms with Gasteiger partial charge in [0, 0.05) is 0 Å². The molecule has 0 aliphatic heterocycles. The van der Waals surface area contributed by atoms with Crippen LogP contribution in [-0.2, 0) is 0 Å². The van der Waals surface area contributed by atoms with Crippen molar-refractivity contribution in [2.24, 2.45) is 0 Å². The Hall–Kier alpha value is -0.403. The van der Waals surface area contributed by atoms with Gasteiger partial charge in [-0.25, -0.2) is 0 Å². The van der Waals surface area contributed by atoms with Crippen molar-refractivity contribution in [1.29, 1.82) is 0 Å². The quantitative estimate of drug-likeness (QED) is 0.270. The van der Waals surface area contributed by atoms with E-state index in [-0.39, 0.29) is 0 Å². The van der Waals surface area contributed by atoms with Crippen LogP contribution in [0.2, 0.25) is 17.6 Å². The highest BCUT2D eigenvalue weighted by Gasteiger charge is 2.37. The zero-order chi connectivity index (χ0) is 9.07. The Morgan fingerprint density at radius 3 is 1.64 bits per heavy atom. The van der Waals surface area contributed by atoms with Gasteiger partial charge < -0.3 is 5.53 Å². The number of hydrogen-bond acceptors (Lipinski definition) is 0. The molecule has 0 rings (SSSR count). The molecule has 0 unspecified atom stereocenters. The molecule has 0 aromatic heterocycles. The summed E-state index contributed by atoms with van der Waals surface area (Å²) in [6, 6.07) is 0. The summed E-state index contributed by atoms with van der Waals surface area (Å²) in [5.41, 5.74) is 9.78. The Morgan fingerprint density at radius 2 is 1.55 bits per heavy atom. The molecule has 11 heavy (non-hydrogen) atoms. The summed E-state index contributed by atoms with van der Waals surface area (Å²) in [5.74, 6) is 1.78. The van der Waals surface area contributed by atoms with Crippen molar-refractivity contribution in [3.05, 3.63) is 5.53 Å². The van der Waals surface area contributed by atoms with Gasteiger partial charge in [0.1, 0.15) is 0 Å². The lowest BCUT2D eigenvalue weighted by atomic mass is 10.5. The van der Waals surface area contributed by atoms with Gasteiger partial charge in [-0.05, 0) is 11.1 Å². The molecular formula is C8H18N2Si. The van der Waals surface area contributed by atoms with Crippen LogP contribution in [0.25, 0.3) is 5.53 Å². The third-order valence-electron chi connectivity index (χ3n) is 2.82. The van der Waals surface area contributed by atoms with Gasteiger partial charge in [0.05, 0.1) is 0 Å². The highest BCUT2D eigenvalue weighted by atomic mass is 28.3. The first-order valence-electron chi connectivity index (χ1n) is 4.13. The van der Waals surface area contributed by atoms with E-state index in [0.29, 0.717) is 11.1 Å². The van der Waals surface area contributed by atoms with Crippen LogP contribution in [-0.4, -0.2) is 18.7 Å². The van der Waals surface area contributed by atoms with Gasteiger partial charge in [-0.1, -0.05) is 34.2 Å². The summed E-state index contributed by atoms with van der Waals surface area (Å²) in [5, 5.41) is 0. The normalized spacial score (nSPS) is 11.9. The van der Waals surface area contributed by atoms with Gasteiger partial charge in [0.25, 0.3) is 0 Å². The SMILES string of the molecule is CC(C)[Si](C)(C=[N+]=[N-])C(C)C. The molecule has 0 aromatic rings. The average molecular weight is 170 g/mol. The summed E-state index contributed by atoms with van der Waals surface area (Å²) in [6.45, 7) is 11.1. The monoisotopic (exact) mass is 170 g/mol. The fourth-order valence-electron chi connectivity index (χ4n) is 1.09. The fraction of sp³-hybridized carbons (Fsp3) is 0.875. The van der Waals surface area contributed by atoms with Crippen molar-refractivity contribution in [3.8, 4) is 0 Å². The van der Waals surface area contributed by atoms with Crippen LogP contribution in [0.5, 0.6) is 0 Å². The molecule has 0 aromatic carbocycles. The average Bonchev–Trinajstić information content (AvgIpc) is 1.87. The van der Waals surface area contributed by atoms with Crippen molar-refractivity contribution < 1.29 is 4.79 Å². The van der Waals surface area contributed by atoms with E-state index in [1.807, 2.05) is 0 Å². The van der Waals surface area contributed by atoms with Crippen molar-refractivity contribution in [2.75, 3.05) is 0 Å². The molecule has 0 saturated heterocycles. The molecule has 0 N–H and O–H groups in total. The van der Waals surface area contributed by atoms with Gasteiger partial charge >= 0.3 is 0 Å². The van der Waals surface area contributed by atoms with E-state index < -0.39 is 8.07 Å². The van der Waals surface area contributed by atoms with Crippen LogP contribution in [0.4, 0.5) is 0 Å².